The van der Waals surface area contributed by atoms with E-state index in [0.717, 1.165) is 0 Å². The standard InChI is InChI=1S/C17H15FN2O3S/c1-20-6-5-12(7-16(20)21)10-24(22)11-15-9-23-17(19-15)13-3-2-4-14(18)8-13/h2-9H,10-11H2,1H3. The van der Waals surface area contributed by atoms with Gasteiger partial charge in [0.2, 0.25) is 5.89 Å². The summed E-state index contributed by atoms with van der Waals surface area (Å²) in [5, 5.41) is 0. The van der Waals surface area contributed by atoms with Gasteiger partial charge in [0.25, 0.3) is 5.56 Å². The van der Waals surface area contributed by atoms with Crippen LogP contribution in [0.25, 0.3) is 11.5 Å². The molecule has 0 amide bonds. The summed E-state index contributed by atoms with van der Waals surface area (Å²) in [5.41, 5.74) is 1.62. The molecule has 0 bridgehead atoms. The van der Waals surface area contributed by atoms with Gasteiger partial charge in [0.05, 0.1) is 11.4 Å². The number of oxazole rings is 1. The van der Waals surface area contributed by atoms with E-state index in [9.17, 15) is 13.4 Å². The first-order valence-electron chi connectivity index (χ1n) is 7.22. The van der Waals surface area contributed by atoms with Crippen LogP contribution in [0.15, 0.2) is 58.1 Å². The summed E-state index contributed by atoms with van der Waals surface area (Å²) in [4.78, 5) is 15.8. The van der Waals surface area contributed by atoms with Crippen LogP contribution < -0.4 is 5.56 Å². The summed E-state index contributed by atoms with van der Waals surface area (Å²) in [6.45, 7) is 0. The van der Waals surface area contributed by atoms with Crippen LogP contribution in [-0.4, -0.2) is 13.8 Å². The number of aryl methyl sites for hydroxylation is 1. The van der Waals surface area contributed by atoms with Gasteiger partial charge in [0, 0.05) is 41.4 Å². The minimum atomic E-state index is -1.23. The van der Waals surface area contributed by atoms with Crippen molar-refractivity contribution in [3.05, 3.63) is 76.3 Å². The zero-order chi connectivity index (χ0) is 17.1. The summed E-state index contributed by atoms with van der Waals surface area (Å²) in [5.74, 6) is 0.378. The summed E-state index contributed by atoms with van der Waals surface area (Å²) in [7, 11) is 0.430. The smallest absolute Gasteiger partial charge is 0.250 e. The fourth-order valence-electron chi connectivity index (χ4n) is 2.21. The van der Waals surface area contributed by atoms with Crippen LogP contribution in [0, 0.1) is 5.82 Å². The van der Waals surface area contributed by atoms with Crippen LogP contribution in [0.4, 0.5) is 4.39 Å². The molecule has 0 aliphatic heterocycles. The molecule has 24 heavy (non-hydrogen) atoms. The summed E-state index contributed by atoms with van der Waals surface area (Å²) < 4.78 is 32.2. The second-order valence-electron chi connectivity index (χ2n) is 5.37. The Bertz CT molecular complexity index is 949. The molecule has 0 saturated carbocycles. The molecular weight excluding hydrogens is 331 g/mol. The van der Waals surface area contributed by atoms with Crippen LogP contribution >= 0.6 is 0 Å². The van der Waals surface area contributed by atoms with E-state index in [-0.39, 0.29) is 28.8 Å². The molecule has 2 aromatic heterocycles. The lowest BCUT2D eigenvalue weighted by atomic mass is 10.2. The van der Waals surface area contributed by atoms with Gasteiger partial charge in [-0.25, -0.2) is 9.37 Å². The first kappa shape index (κ1) is 16.3. The largest absolute Gasteiger partial charge is 0.444 e. The molecule has 3 aromatic rings. The van der Waals surface area contributed by atoms with Gasteiger partial charge >= 0.3 is 0 Å². The first-order valence-corrected chi connectivity index (χ1v) is 8.71. The monoisotopic (exact) mass is 346 g/mol. The minimum Gasteiger partial charge on any atom is -0.444 e. The van der Waals surface area contributed by atoms with Gasteiger partial charge in [-0.05, 0) is 29.8 Å². The molecule has 0 saturated heterocycles. The highest BCUT2D eigenvalue weighted by Crippen LogP contribution is 2.20. The molecule has 0 spiro atoms. The van der Waals surface area contributed by atoms with Crippen molar-refractivity contribution in [2.24, 2.45) is 7.05 Å². The topological polar surface area (TPSA) is 65.1 Å². The van der Waals surface area contributed by atoms with Crippen molar-refractivity contribution in [1.82, 2.24) is 9.55 Å². The molecule has 0 fully saturated rings. The van der Waals surface area contributed by atoms with E-state index >= 15 is 0 Å². The highest BCUT2D eigenvalue weighted by Gasteiger charge is 2.11. The van der Waals surface area contributed by atoms with Gasteiger partial charge in [0.15, 0.2) is 0 Å². The second kappa shape index (κ2) is 6.92. The number of nitrogens with zero attached hydrogens (tertiary/aromatic N) is 2. The number of hydrogen-bond acceptors (Lipinski definition) is 4. The fraction of sp³-hybridized carbons (Fsp3) is 0.176. The molecule has 1 aromatic carbocycles. The highest BCUT2D eigenvalue weighted by atomic mass is 32.2. The number of hydrogen-bond donors (Lipinski definition) is 0. The zero-order valence-electron chi connectivity index (χ0n) is 12.9. The lowest BCUT2D eigenvalue weighted by Crippen LogP contribution is -2.15. The Kier molecular flexibility index (Phi) is 4.71. The highest BCUT2D eigenvalue weighted by molar-refractivity contribution is 7.83. The van der Waals surface area contributed by atoms with Gasteiger partial charge in [0.1, 0.15) is 12.1 Å². The van der Waals surface area contributed by atoms with E-state index in [1.165, 1.54) is 29.0 Å². The van der Waals surface area contributed by atoms with E-state index < -0.39 is 10.8 Å². The molecule has 0 aliphatic carbocycles. The molecular formula is C17H15FN2O3S. The van der Waals surface area contributed by atoms with Crippen molar-refractivity contribution >= 4 is 10.8 Å². The normalized spacial score (nSPS) is 12.2. The molecule has 1 unspecified atom stereocenters. The zero-order valence-corrected chi connectivity index (χ0v) is 13.8. The van der Waals surface area contributed by atoms with E-state index in [2.05, 4.69) is 4.98 Å². The Balaban J connectivity index is 1.69. The molecule has 0 N–H and O–H groups in total. The van der Waals surface area contributed by atoms with Crippen LogP contribution in [-0.2, 0) is 29.4 Å². The lowest BCUT2D eigenvalue weighted by Gasteiger charge is -2.02. The number of pyridine rings is 1. The van der Waals surface area contributed by atoms with Crippen LogP contribution in [0.1, 0.15) is 11.3 Å². The summed E-state index contributed by atoms with van der Waals surface area (Å²) in [6, 6.07) is 9.16. The van der Waals surface area contributed by atoms with Crippen molar-refractivity contribution in [1.29, 1.82) is 0 Å². The van der Waals surface area contributed by atoms with Gasteiger partial charge in [-0.2, -0.15) is 0 Å². The molecule has 124 valence electrons. The van der Waals surface area contributed by atoms with Gasteiger partial charge in [-0.3, -0.25) is 9.00 Å². The average Bonchev–Trinajstić information content (AvgIpc) is 2.99. The first-order chi connectivity index (χ1) is 11.5. The number of aromatic nitrogens is 2. The SMILES string of the molecule is Cn1ccc(CS(=O)Cc2coc(-c3cccc(F)c3)n2)cc1=O. The quantitative estimate of drug-likeness (QED) is 0.712. The maximum atomic E-state index is 13.2. The van der Waals surface area contributed by atoms with Crippen LogP contribution in [0.2, 0.25) is 0 Å². The Labute approximate surface area is 140 Å². The Hall–Kier alpha value is -2.54. The van der Waals surface area contributed by atoms with Crippen molar-refractivity contribution in [3.8, 4) is 11.5 Å². The molecule has 5 nitrogen and oxygen atoms in total. The maximum Gasteiger partial charge on any atom is 0.250 e. The fourth-order valence-corrected chi connectivity index (χ4v) is 3.32. The maximum absolute atomic E-state index is 13.2. The third-order valence-electron chi connectivity index (χ3n) is 3.43. The number of halogens is 1. The molecule has 1 atom stereocenters. The van der Waals surface area contributed by atoms with Crippen LogP contribution in [0.3, 0.4) is 0 Å². The molecule has 0 aliphatic rings. The number of rotatable bonds is 5. The summed E-state index contributed by atoms with van der Waals surface area (Å²) in [6.07, 6.45) is 3.06. The second-order valence-corrected chi connectivity index (χ2v) is 6.82. The predicted molar refractivity (Wildman–Crippen MR) is 89.1 cm³/mol. The van der Waals surface area contributed by atoms with Gasteiger partial charge in [-0.1, -0.05) is 6.07 Å². The third-order valence-corrected chi connectivity index (χ3v) is 4.70. The van der Waals surface area contributed by atoms with Gasteiger partial charge < -0.3 is 8.98 Å². The van der Waals surface area contributed by atoms with Crippen molar-refractivity contribution in [3.63, 3.8) is 0 Å². The Morgan fingerprint density at radius 3 is 2.83 bits per heavy atom. The Morgan fingerprint density at radius 2 is 2.08 bits per heavy atom. The average molecular weight is 346 g/mol. The Morgan fingerprint density at radius 1 is 1.25 bits per heavy atom. The molecule has 3 rings (SSSR count). The predicted octanol–water partition coefficient (Wildman–Crippen LogP) is 2.63. The third kappa shape index (κ3) is 3.86. The van der Waals surface area contributed by atoms with E-state index in [1.54, 1.807) is 31.4 Å². The minimum absolute atomic E-state index is 0.140. The van der Waals surface area contributed by atoms with Crippen LogP contribution in [0.5, 0.6) is 0 Å². The number of benzene rings is 1. The summed E-state index contributed by atoms with van der Waals surface area (Å²) >= 11 is 0. The van der Waals surface area contributed by atoms with E-state index in [1.807, 2.05) is 0 Å². The van der Waals surface area contributed by atoms with E-state index in [0.29, 0.717) is 16.8 Å². The van der Waals surface area contributed by atoms with Crippen molar-refractivity contribution in [2.75, 3.05) is 0 Å². The lowest BCUT2D eigenvalue weighted by molar-refractivity contribution is 0.571. The van der Waals surface area contributed by atoms with Crippen molar-refractivity contribution < 1.29 is 13.0 Å². The molecule has 7 heteroatoms. The molecule has 0 radical (unpaired) electrons. The van der Waals surface area contributed by atoms with Crippen molar-refractivity contribution in [2.45, 2.75) is 11.5 Å². The van der Waals surface area contributed by atoms with E-state index in [4.69, 9.17) is 4.42 Å². The van der Waals surface area contributed by atoms with Gasteiger partial charge in [-0.15, -0.1) is 0 Å². The molecule has 2 heterocycles.